The second-order valence-electron chi connectivity index (χ2n) is 8.23. The summed E-state index contributed by atoms with van der Waals surface area (Å²) in [5.41, 5.74) is 1.89. The summed E-state index contributed by atoms with van der Waals surface area (Å²) in [7, 11) is 0. The van der Waals surface area contributed by atoms with Crippen LogP contribution in [-0.4, -0.2) is 29.8 Å². The van der Waals surface area contributed by atoms with Crippen LogP contribution in [0, 0.1) is 6.92 Å². The van der Waals surface area contributed by atoms with Gasteiger partial charge in [0.25, 0.3) is 0 Å². The molecule has 3 aromatic carbocycles. The quantitative estimate of drug-likeness (QED) is 0.301. The molecule has 2 unspecified atom stereocenters. The zero-order valence-electron chi connectivity index (χ0n) is 19.4. The Morgan fingerprint density at radius 2 is 1.58 bits per heavy atom. The number of rotatable bonds is 10. The lowest BCUT2D eigenvalue weighted by Crippen LogP contribution is -2.48. The fourth-order valence-electron chi connectivity index (χ4n) is 4.04. The Labute approximate surface area is 201 Å². The van der Waals surface area contributed by atoms with Crippen LogP contribution in [0.25, 0.3) is 0 Å². The Morgan fingerprint density at radius 1 is 0.970 bits per heavy atom. The van der Waals surface area contributed by atoms with Gasteiger partial charge in [0.15, 0.2) is 11.7 Å². The van der Waals surface area contributed by atoms with Crippen LogP contribution in [0.1, 0.15) is 48.9 Å². The summed E-state index contributed by atoms with van der Waals surface area (Å²) in [6.07, 6.45) is 0.165. The van der Waals surface area contributed by atoms with E-state index >= 15 is 0 Å². The normalized spacial score (nSPS) is 14.8. The Hall–Kier alpha value is -2.66. The standard InChI is InChI=1S/C28H32ClNO3/c1-4-19-30-25(5-2)26(31)27(32)33-28(21-11-7-6-8-12-21,22-17-15-20(3)16-18-22)23-13-9-10-14-24(23)29/h6-18,25-26,30-31H,4-5,19H2,1-3H3/t25-,26?,28?/m0/s1. The molecule has 0 saturated carbocycles. The van der Waals surface area contributed by atoms with Gasteiger partial charge in [0.2, 0.25) is 0 Å². The van der Waals surface area contributed by atoms with Gasteiger partial charge in [-0.25, -0.2) is 4.79 Å². The molecule has 2 N–H and O–H groups in total. The Kier molecular flexibility index (Phi) is 8.67. The number of halogens is 1. The lowest BCUT2D eigenvalue weighted by molar-refractivity contribution is -0.165. The van der Waals surface area contributed by atoms with Crippen LogP contribution in [0.5, 0.6) is 0 Å². The van der Waals surface area contributed by atoms with E-state index in [1.807, 2.05) is 93.6 Å². The van der Waals surface area contributed by atoms with Crippen LogP contribution in [0.3, 0.4) is 0 Å². The van der Waals surface area contributed by atoms with Crippen molar-refractivity contribution >= 4 is 17.6 Å². The number of aliphatic hydroxyl groups is 1. The average molecular weight is 466 g/mol. The van der Waals surface area contributed by atoms with E-state index in [-0.39, 0.29) is 0 Å². The number of carbonyl (C=O) groups excluding carboxylic acids is 1. The van der Waals surface area contributed by atoms with Crippen LogP contribution in [0.15, 0.2) is 78.9 Å². The van der Waals surface area contributed by atoms with Gasteiger partial charge in [0.1, 0.15) is 0 Å². The Bertz CT molecular complexity index is 1040. The molecule has 33 heavy (non-hydrogen) atoms. The fourth-order valence-corrected chi connectivity index (χ4v) is 4.31. The van der Waals surface area contributed by atoms with Gasteiger partial charge in [-0.3, -0.25) is 0 Å². The molecule has 0 aliphatic heterocycles. The van der Waals surface area contributed by atoms with Gasteiger partial charge in [-0.15, -0.1) is 0 Å². The van der Waals surface area contributed by atoms with Crippen LogP contribution < -0.4 is 5.32 Å². The first kappa shape index (κ1) is 25.0. The second-order valence-corrected chi connectivity index (χ2v) is 8.64. The third-order valence-corrected chi connectivity index (χ3v) is 6.19. The third kappa shape index (κ3) is 5.47. The molecule has 0 aromatic heterocycles. The summed E-state index contributed by atoms with van der Waals surface area (Å²) >= 11 is 6.69. The van der Waals surface area contributed by atoms with Crippen molar-refractivity contribution in [2.24, 2.45) is 0 Å². The van der Waals surface area contributed by atoms with E-state index in [1.165, 1.54) is 0 Å². The van der Waals surface area contributed by atoms with Crippen molar-refractivity contribution in [2.75, 3.05) is 6.54 Å². The molecule has 0 saturated heterocycles. The van der Waals surface area contributed by atoms with Crippen molar-refractivity contribution < 1.29 is 14.6 Å². The highest BCUT2D eigenvalue weighted by molar-refractivity contribution is 6.31. The van der Waals surface area contributed by atoms with Crippen molar-refractivity contribution in [3.05, 3.63) is 106 Å². The first-order valence-electron chi connectivity index (χ1n) is 11.5. The molecule has 4 nitrogen and oxygen atoms in total. The van der Waals surface area contributed by atoms with Gasteiger partial charge in [0, 0.05) is 27.8 Å². The molecule has 0 bridgehead atoms. The van der Waals surface area contributed by atoms with E-state index < -0.39 is 23.7 Å². The topological polar surface area (TPSA) is 58.6 Å². The number of esters is 1. The summed E-state index contributed by atoms with van der Waals surface area (Å²) in [5, 5.41) is 14.7. The number of ether oxygens (including phenoxy) is 1. The number of carbonyl (C=O) groups is 1. The third-order valence-electron chi connectivity index (χ3n) is 5.86. The molecule has 3 rings (SSSR count). The van der Waals surface area contributed by atoms with Gasteiger partial charge in [0.05, 0.1) is 0 Å². The predicted molar refractivity (Wildman–Crippen MR) is 133 cm³/mol. The molecule has 0 heterocycles. The molecule has 0 aliphatic rings. The minimum absolute atomic E-state index is 0.407. The molecule has 0 amide bonds. The lowest BCUT2D eigenvalue weighted by atomic mass is 9.79. The largest absolute Gasteiger partial charge is 0.442 e. The van der Waals surface area contributed by atoms with Crippen molar-refractivity contribution in [1.29, 1.82) is 0 Å². The smallest absolute Gasteiger partial charge is 0.338 e. The summed E-state index contributed by atoms with van der Waals surface area (Å²) in [6, 6.07) is 24.3. The van der Waals surface area contributed by atoms with Crippen molar-refractivity contribution in [2.45, 2.75) is 51.4 Å². The van der Waals surface area contributed by atoms with Crippen molar-refractivity contribution in [3.63, 3.8) is 0 Å². The average Bonchev–Trinajstić information content (AvgIpc) is 2.84. The summed E-state index contributed by atoms with van der Waals surface area (Å²) in [5.74, 6) is -0.699. The molecule has 5 heteroatoms. The molecule has 0 spiro atoms. The molecular formula is C28H32ClNO3. The number of benzene rings is 3. The van der Waals surface area contributed by atoms with Gasteiger partial charge in [-0.2, -0.15) is 0 Å². The molecule has 0 fully saturated rings. The zero-order valence-corrected chi connectivity index (χ0v) is 20.2. The fraction of sp³-hybridized carbons (Fsp3) is 0.321. The molecule has 3 atom stereocenters. The number of aryl methyl sites for hydroxylation is 1. The maximum atomic E-state index is 13.5. The molecule has 0 aliphatic carbocycles. The van der Waals surface area contributed by atoms with E-state index in [9.17, 15) is 9.90 Å². The highest BCUT2D eigenvalue weighted by atomic mass is 35.5. The molecule has 3 aromatic rings. The predicted octanol–water partition coefficient (Wildman–Crippen LogP) is 5.62. The van der Waals surface area contributed by atoms with Gasteiger partial charge >= 0.3 is 5.97 Å². The van der Waals surface area contributed by atoms with E-state index in [0.29, 0.717) is 23.6 Å². The second kappa shape index (κ2) is 11.5. The minimum Gasteiger partial charge on any atom is -0.442 e. The number of aliphatic hydroxyl groups excluding tert-OH is 1. The number of nitrogens with one attached hydrogen (secondary N) is 1. The summed E-state index contributed by atoms with van der Waals surface area (Å²) < 4.78 is 6.33. The Morgan fingerprint density at radius 3 is 2.18 bits per heavy atom. The molecule has 174 valence electrons. The molecule has 0 radical (unpaired) electrons. The monoisotopic (exact) mass is 465 g/mol. The number of hydrogen-bond acceptors (Lipinski definition) is 4. The van der Waals surface area contributed by atoms with Gasteiger partial charge < -0.3 is 15.2 Å². The summed E-state index contributed by atoms with van der Waals surface area (Å²) in [6.45, 7) is 6.68. The van der Waals surface area contributed by atoms with Crippen LogP contribution in [0.2, 0.25) is 5.02 Å². The van der Waals surface area contributed by atoms with Crippen LogP contribution in [0.4, 0.5) is 0 Å². The van der Waals surface area contributed by atoms with Crippen LogP contribution in [-0.2, 0) is 15.1 Å². The van der Waals surface area contributed by atoms with E-state index in [0.717, 1.165) is 23.1 Å². The zero-order chi connectivity index (χ0) is 23.8. The highest BCUT2D eigenvalue weighted by Crippen LogP contribution is 2.43. The maximum absolute atomic E-state index is 13.5. The minimum atomic E-state index is -1.32. The molecular weight excluding hydrogens is 434 g/mol. The number of hydrogen-bond donors (Lipinski definition) is 2. The Balaban J connectivity index is 2.19. The van der Waals surface area contributed by atoms with E-state index in [4.69, 9.17) is 16.3 Å². The maximum Gasteiger partial charge on any atom is 0.338 e. The van der Waals surface area contributed by atoms with Crippen molar-refractivity contribution in [3.8, 4) is 0 Å². The summed E-state index contributed by atoms with van der Waals surface area (Å²) in [4.78, 5) is 13.5. The van der Waals surface area contributed by atoms with Crippen molar-refractivity contribution in [1.82, 2.24) is 5.32 Å². The van der Waals surface area contributed by atoms with E-state index in [1.54, 1.807) is 6.07 Å². The first-order valence-corrected chi connectivity index (χ1v) is 11.8. The van der Waals surface area contributed by atoms with Crippen LogP contribution >= 0.6 is 11.6 Å². The highest BCUT2D eigenvalue weighted by Gasteiger charge is 2.44. The lowest BCUT2D eigenvalue weighted by Gasteiger charge is -2.37. The van der Waals surface area contributed by atoms with E-state index in [2.05, 4.69) is 5.32 Å². The van der Waals surface area contributed by atoms with Gasteiger partial charge in [-0.05, 0) is 32.4 Å². The van der Waals surface area contributed by atoms with Gasteiger partial charge in [-0.1, -0.05) is 104 Å². The first-order chi connectivity index (χ1) is 15.9. The SMILES string of the molecule is CCCN[C@@H](CC)C(O)C(=O)OC(c1ccccc1)(c1ccc(C)cc1)c1ccccc1Cl.